The van der Waals surface area contributed by atoms with Crippen LogP contribution in [-0.4, -0.2) is 0 Å². The van der Waals surface area contributed by atoms with Gasteiger partial charge >= 0.3 is 0 Å². The summed E-state index contributed by atoms with van der Waals surface area (Å²) in [5.41, 5.74) is 4.15. The first kappa shape index (κ1) is 25.5. The minimum atomic E-state index is 0.772. The summed E-state index contributed by atoms with van der Waals surface area (Å²) < 4.78 is 0. The molecule has 0 atom stereocenters. The number of hydrogen-bond donors (Lipinski definition) is 0. The molecule has 0 heteroatoms. The highest BCUT2D eigenvalue weighted by Crippen LogP contribution is 2.10. The van der Waals surface area contributed by atoms with E-state index in [1.807, 2.05) is 64.1 Å². The molecule has 0 fully saturated rings. The maximum absolute atomic E-state index is 4.02. The summed E-state index contributed by atoms with van der Waals surface area (Å²) >= 11 is 0. The quantitative estimate of drug-likeness (QED) is 0.352. The van der Waals surface area contributed by atoms with E-state index in [4.69, 9.17) is 0 Å². The molecule has 0 bridgehead atoms. The maximum Gasteiger partial charge on any atom is 0.0249 e. The summed E-state index contributed by atoms with van der Waals surface area (Å²) in [5, 5.41) is 0. The smallest absolute Gasteiger partial charge is 0.0249 e. The van der Waals surface area contributed by atoms with E-state index in [1.165, 1.54) is 5.56 Å². The van der Waals surface area contributed by atoms with Gasteiger partial charge in [-0.2, -0.15) is 0 Å². The highest BCUT2D eigenvalue weighted by Gasteiger charge is 1.95. The Labute approximate surface area is 162 Å². The fourth-order valence-corrected chi connectivity index (χ4v) is 1.73. The van der Waals surface area contributed by atoms with Crippen LogP contribution in [0.1, 0.15) is 45.2 Å². The zero-order valence-electron chi connectivity index (χ0n) is 17.0. The van der Waals surface area contributed by atoms with Crippen molar-refractivity contribution in [1.82, 2.24) is 0 Å². The zero-order chi connectivity index (χ0) is 20.2. The highest BCUT2D eigenvalue weighted by atomic mass is 14.0. The number of aryl methyl sites for hydroxylation is 1. The van der Waals surface area contributed by atoms with Gasteiger partial charge in [0.25, 0.3) is 0 Å². The van der Waals surface area contributed by atoms with E-state index in [0.717, 1.165) is 29.6 Å². The van der Waals surface area contributed by atoms with Gasteiger partial charge in [0.05, 0.1) is 0 Å². The van der Waals surface area contributed by atoms with Crippen LogP contribution in [0.25, 0.3) is 0 Å². The van der Waals surface area contributed by atoms with Crippen LogP contribution in [0.3, 0.4) is 0 Å². The molecule has 0 aromatic heterocycles. The molecule has 1 aromatic rings. The maximum atomic E-state index is 4.02. The van der Waals surface area contributed by atoms with Crippen LogP contribution in [0, 0.1) is 11.8 Å². The standard InChI is InChI=1S/C22H22.2C2H6/c1-5-7-9-19(3)11-13-21-15-17-22(18-16-21)14-12-20(4)10-8-6-2;2*1-2/h5-10,15-18H,1-4,11,13H2;2*1-2H3/b9-7-,10-8-;;. The number of allylic oxidation sites excluding steroid dienone is 8. The molecule has 0 saturated carbocycles. The summed E-state index contributed by atoms with van der Waals surface area (Å²) in [4.78, 5) is 0. The molecule has 0 radical (unpaired) electrons. The van der Waals surface area contributed by atoms with Crippen molar-refractivity contribution in [3.8, 4) is 11.8 Å². The van der Waals surface area contributed by atoms with Crippen molar-refractivity contribution in [3.05, 3.63) is 109 Å². The van der Waals surface area contributed by atoms with Gasteiger partial charge < -0.3 is 0 Å². The van der Waals surface area contributed by atoms with Crippen LogP contribution in [0.2, 0.25) is 0 Å². The van der Waals surface area contributed by atoms with E-state index in [2.05, 4.69) is 50.3 Å². The molecule has 0 aliphatic rings. The summed E-state index contributed by atoms with van der Waals surface area (Å²) in [6.45, 7) is 23.2. The number of hydrogen-bond acceptors (Lipinski definition) is 0. The lowest BCUT2D eigenvalue weighted by atomic mass is 10.0. The van der Waals surface area contributed by atoms with Crippen molar-refractivity contribution in [3.63, 3.8) is 0 Å². The van der Waals surface area contributed by atoms with Gasteiger partial charge in [-0.05, 0) is 36.6 Å². The number of rotatable bonds is 7. The second kappa shape index (κ2) is 18.6. The Bertz CT molecular complexity index is 652. The van der Waals surface area contributed by atoms with Gasteiger partial charge in [-0.3, -0.25) is 0 Å². The molecule has 0 aliphatic carbocycles. The molecule has 1 rings (SSSR count). The summed E-state index contributed by atoms with van der Waals surface area (Å²) in [6.07, 6.45) is 13.0. The topological polar surface area (TPSA) is 0 Å². The lowest BCUT2D eigenvalue weighted by molar-refractivity contribution is 0.969. The van der Waals surface area contributed by atoms with Gasteiger partial charge in [-0.25, -0.2) is 0 Å². The Kier molecular flexibility index (Phi) is 18.2. The molecule has 138 valence electrons. The third-order valence-electron chi connectivity index (χ3n) is 2.96. The molecule has 0 N–H and O–H groups in total. The van der Waals surface area contributed by atoms with Crippen molar-refractivity contribution in [2.24, 2.45) is 0 Å². The van der Waals surface area contributed by atoms with Crippen molar-refractivity contribution >= 4 is 0 Å². The van der Waals surface area contributed by atoms with Crippen LogP contribution < -0.4 is 0 Å². The van der Waals surface area contributed by atoms with E-state index in [1.54, 1.807) is 12.2 Å². The predicted molar refractivity (Wildman–Crippen MR) is 121 cm³/mol. The predicted octanol–water partition coefficient (Wildman–Crippen LogP) is 7.62. The third kappa shape index (κ3) is 13.6. The average Bonchev–Trinajstić information content (AvgIpc) is 2.71. The van der Waals surface area contributed by atoms with Crippen molar-refractivity contribution in [2.75, 3.05) is 0 Å². The normalized spacial score (nSPS) is 9.08. The minimum absolute atomic E-state index is 0.772. The van der Waals surface area contributed by atoms with Gasteiger partial charge in [0.15, 0.2) is 0 Å². The van der Waals surface area contributed by atoms with E-state index in [9.17, 15) is 0 Å². The Morgan fingerprint density at radius 2 is 1.42 bits per heavy atom. The van der Waals surface area contributed by atoms with Gasteiger partial charge in [0, 0.05) is 11.1 Å². The largest absolute Gasteiger partial charge is 0.0991 e. The third-order valence-corrected chi connectivity index (χ3v) is 2.96. The fraction of sp³-hybridized carbons (Fsp3) is 0.231. The van der Waals surface area contributed by atoms with Crippen LogP contribution >= 0.6 is 0 Å². The summed E-state index contributed by atoms with van der Waals surface area (Å²) in [5.74, 6) is 6.11. The molecule has 0 saturated heterocycles. The first-order valence-corrected chi connectivity index (χ1v) is 9.21. The average molecular weight is 347 g/mol. The Morgan fingerprint density at radius 1 is 0.885 bits per heavy atom. The fourth-order valence-electron chi connectivity index (χ4n) is 1.73. The molecule has 0 heterocycles. The van der Waals surface area contributed by atoms with E-state index >= 15 is 0 Å². The SMILES string of the molecule is C=C/C=C\C(=C)C#Cc1ccc(CCC(=C)/C=C\C=C)cc1.CC.CC. The lowest BCUT2D eigenvalue weighted by Gasteiger charge is -2.01. The molecule has 0 unspecified atom stereocenters. The van der Waals surface area contributed by atoms with Gasteiger partial charge in [0.2, 0.25) is 0 Å². The highest BCUT2D eigenvalue weighted by molar-refractivity contribution is 5.44. The zero-order valence-corrected chi connectivity index (χ0v) is 17.0. The van der Waals surface area contributed by atoms with Gasteiger partial charge in [-0.1, -0.05) is 114 Å². The van der Waals surface area contributed by atoms with Gasteiger partial charge in [0.1, 0.15) is 0 Å². The molecule has 0 nitrogen and oxygen atoms in total. The second-order valence-electron chi connectivity index (χ2n) is 4.82. The summed E-state index contributed by atoms with van der Waals surface area (Å²) in [6, 6.07) is 8.29. The second-order valence-corrected chi connectivity index (χ2v) is 4.82. The van der Waals surface area contributed by atoms with Crippen molar-refractivity contribution < 1.29 is 0 Å². The first-order valence-electron chi connectivity index (χ1n) is 9.21. The molecular weight excluding hydrogens is 312 g/mol. The van der Waals surface area contributed by atoms with Crippen LogP contribution in [0.15, 0.2) is 98.2 Å². The first-order chi connectivity index (χ1) is 12.7. The van der Waals surface area contributed by atoms with E-state index < -0.39 is 0 Å². The molecular formula is C26H34. The number of benzene rings is 1. The monoisotopic (exact) mass is 346 g/mol. The molecule has 26 heavy (non-hydrogen) atoms. The molecule has 0 spiro atoms. The lowest BCUT2D eigenvalue weighted by Crippen LogP contribution is -1.87. The molecule has 0 amide bonds. The molecule has 1 aromatic carbocycles. The van der Waals surface area contributed by atoms with Crippen LogP contribution in [0.5, 0.6) is 0 Å². The summed E-state index contributed by atoms with van der Waals surface area (Å²) in [7, 11) is 0. The molecule has 0 aliphatic heterocycles. The Morgan fingerprint density at radius 3 is 1.96 bits per heavy atom. The van der Waals surface area contributed by atoms with E-state index in [0.29, 0.717) is 0 Å². The van der Waals surface area contributed by atoms with E-state index in [-0.39, 0.29) is 0 Å². The van der Waals surface area contributed by atoms with Crippen molar-refractivity contribution in [2.45, 2.75) is 40.5 Å². The Balaban J connectivity index is 0. The van der Waals surface area contributed by atoms with Gasteiger partial charge in [-0.15, -0.1) is 0 Å². The minimum Gasteiger partial charge on any atom is -0.0991 e. The van der Waals surface area contributed by atoms with Crippen LogP contribution in [-0.2, 0) is 6.42 Å². The Hall–Kier alpha value is -2.78. The van der Waals surface area contributed by atoms with Crippen molar-refractivity contribution in [1.29, 1.82) is 0 Å². The van der Waals surface area contributed by atoms with Crippen LogP contribution in [0.4, 0.5) is 0 Å².